The first-order valence-corrected chi connectivity index (χ1v) is 11.8. The standard InChI is InChI=1S/C25H22Cl2N2O2S/c1-2-16-3-8-19(9-4-16)28-25-29-24(30)23(32-25)14-17-5-10-20(11-6-17)31-15-18-7-12-21(26)22(27)13-18/h3-14,25,28H,2,15H2,1H3,(H,29,30)/b23-14-/t25-/m1/s1. The predicted octanol–water partition coefficient (Wildman–Crippen LogP) is 6.73. The highest BCUT2D eigenvalue weighted by atomic mass is 35.5. The van der Waals surface area contributed by atoms with Crippen LogP contribution >= 0.6 is 35.0 Å². The number of anilines is 1. The number of aryl methyl sites for hydroxylation is 1. The Morgan fingerprint density at radius 2 is 1.72 bits per heavy atom. The maximum Gasteiger partial charge on any atom is 0.260 e. The molecule has 1 heterocycles. The van der Waals surface area contributed by atoms with Gasteiger partial charge in [0.05, 0.1) is 15.0 Å². The molecule has 4 rings (SSSR count). The average molecular weight is 485 g/mol. The summed E-state index contributed by atoms with van der Waals surface area (Å²) in [5, 5.41) is 7.33. The zero-order chi connectivity index (χ0) is 22.5. The van der Waals surface area contributed by atoms with Crippen LogP contribution in [0.25, 0.3) is 6.08 Å². The third-order valence-corrected chi connectivity index (χ3v) is 6.73. The largest absolute Gasteiger partial charge is 0.489 e. The first kappa shape index (κ1) is 22.6. The van der Waals surface area contributed by atoms with E-state index in [2.05, 4.69) is 29.7 Å². The molecular weight excluding hydrogens is 463 g/mol. The van der Waals surface area contributed by atoms with Gasteiger partial charge in [-0.25, -0.2) is 0 Å². The minimum absolute atomic E-state index is 0.0855. The van der Waals surface area contributed by atoms with Crippen molar-refractivity contribution in [2.45, 2.75) is 25.4 Å². The minimum atomic E-state index is -0.199. The van der Waals surface area contributed by atoms with Crippen molar-refractivity contribution in [2.24, 2.45) is 0 Å². The third-order valence-electron chi connectivity index (χ3n) is 4.96. The highest BCUT2D eigenvalue weighted by Crippen LogP contribution is 2.31. The van der Waals surface area contributed by atoms with Crippen molar-refractivity contribution in [2.75, 3.05) is 5.32 Å². The van der Waals surface area contributed by atoms with Gasteiger partial charge in [-0.05, 0) is 65.6 Å². The lowest BCUT2D eigenvalue weighted by molar-refractivity contribution is -0.116. The summed E-state index contributed by atoms with van der Waals surface area (Å²) in [4.78, 5) is 13.0. The number of carbonyl (C=O) groups excluding carboxylic acids is 1. The quantitative estimate of drug-likeness (QED) is 0.364. The molecule has 1 amide bonds. The smallest absolute Gasteiger partial charge is 0.260 e. The zero-order valence-corrected chi connectivity index (χ0v) is 19.7. The molecule has 4 nitrogen and oxygen atoms in total. The van der Waals surface area contributed by atoms with E-state index in [0.717, 1.165) is 29.0 Å². The van der Waals surface area contributed by atoms with E-state index in [1.807, 2.05) is 48.5 Å². The third kappa shape index (κ3) is 5.80. The molecule has 1 saturated heterocycles. The monoisotopic (exact) mass is 484 g/mol. The number of amides is 1. The van der Waals surface area contributed by atoms with E-state index in [-0.39, 0.29) is 11.4 Å². The molecule has 1 fully saturated rings. The molecule has 1 aliphatic heterocycles. The summed E-state index contributed by atoms with van der Waals surface area (Å²) < 4.78 is 5.82. The number of ether oxygens (including phenoxy) is 1. The van der Waals surface area contributed by atoms with Crippen molar-refractivity contribution < 1.29 is 9.53 Å². The van der Waals surface area contributed by atoms with Crippen molar-refractivity contribution >= 4 is 52.6 Å². The van der Waals surface area contributed by atoms with Crippen LogP contribution < -0.4 is 15.4 Å². The Bertz CT molecular complexity index is 1130. The number of halogens is 2. The summed E-state index contributed by atoms with van der Waals surface area (Å²) in [7, 11) is 0. The van der Waals surface area contributed by atoms with Crippen LogP contribution in [-0.2, 0) is 17.8 Å². The lowest BCUT2D eigenvalue weighted by Crippen LogP contribution is -2.30. The molecule has 3 aromatic rings. The van der Waals surface area contributed by atoms with Gasteiger partial charge in [0.1, 0.15) is 12.4 Å². The maximum absolute atomic E-state index is 12.4. The fourth-order valence-corrected chi connectivity index (χ4v) is 4.47. The molecule has 0 aliphatic carbocycles. The molecule has 0 unspecified atom stereocenters. The van der Waals surface area contributed by atoms with E-state index in [4.69, 9.17) is 27.9 Å². The highest BCUT2D eigenvalue weighted by Gasteiger charge is 2.27. The number of carbonyl (C=O) groups is 1. The van der Waals surface area contributed by atoms with Crippen LogP contribution in [0.1, 0.15) is 23.6 Å². The first-order valence-electron chi connectivity index (χ1n) is 10.2. The molecule has 0 radical (unpaired) electrons. The van der Waals surface area contributed by atoms with Gasteiger partial charge in [-0.1, -0.05) is 72.2 Å². The molecule has 0 bridgehead atoms. The summed E-state index contributed by atoms with van der Waals surface area (Å²) in [6.07, 6.45) is 2.88. The number of thioether (sulfide) groups is 1. The van der Waals surface area contributed by atoms with Gasteiger partial charge in [0.2, 0.25) is 0 Å². The molecule has 7 heteroatoms. The van der Waals surface area contributed by atoms with Gasteiger partial charge in [0.15, 0.2) is 5.50 Å². The molecule has 164 valence electrons. The maximum atomic E-state index is 12.4. The average Bonchev–Trinajstić information content (AvgIpc) is 3.14. The van der Waals surface area contributed by atoms with E-state index in [0.29, 0.717) is 21.6 Å². The van der Waals surface area contributed by atoms with Crippen LogP contribution in [0.5, 0.6) is 5.75 Å². The molecule has 1 aliphatic rings. The van der Waals surface area contributed by atoms with Crippen LogP contribution in [0.4, 0.5) is 5.69 Å². The van der Waals surface area contributed by atoms with E-state index in [1.165, 1.54) is 17.3 Å². The first-order chi connectivity index (χ1) is 15.5. The number of rotatable bonds is 7. The van der Waals surface area contributed by atoms with Gasteiger partial charge < -0.3 is 15.4 Å². The summed E-state index contributed by atoms with van der Waals surface area (Å²) >= 11 is 13.5. The van der Waals surface area contributed by atoms with Crippen molar-refractivity contribution in [1.82, 2.24) is 5.32 Å². The second kappa shape index (κ2) is 10.3. The highest BCUT2D eigenvalue weighted by molar-refractivity contribution is 8.05. The molecule has 1 atom stereocenters. The van der Waals surface area contributed by atoms with Crippen molar-refractivity contribution in [3.8, 4) is 5.75 Å². The van der Waals surface area contributed by atoms with Gasteiger partial charge in [-0.3, -0.25) is 4.79 Å². The van der Waals surface area contributed by atoms with Crippen LogP contribution in [0.3, 0.4) is 0 Å². The zero-order valence-electron chi connectivity index (χ0n) is 17.4. The van der Waals surface area contributed by atoms with E-state index < -0.39 is 0 Å². The summed E-state index contributed by atoms with van der Waals surface area (Å²) in [6.45, 7) is 2.52. The number of hydrogen-bond donors (Lipinski definition) is 2. The number of benzene rings is 3. The predicted molar refractivity (Wildman–Crippen MR) is 134 cm³/mol. The normalized spacial score (nSPS) is 16.8. The topological polar surface area (TPSA) is 50.4 Å². The van der Waals surface area contributed by atoms with Crippen LogP contribution in [0.2, 0.25) is 10.0 Å². The number of nitrogens with one attached hydrogen (secondary N) is 2. The Balaban J connectivity index is 1.34. The molecule has 0 aromatic heterocycles. The van der Waals surface area contributed by atoms with Crippen molar-refractivity contribution in [1.29, 1.82) is 0 Å². The van der Waals surface area contributed by atoms with Gasteiger partial charge in [-0.15, -0.1) is 0 Å². The molecule has 0 saturated carbocycles. The Labute approximate surface area is 202 Å². The number of hydrogen-bond acceptors (Lipinski definition) is 4. The van der Waals surface area contributed by atoms with Crippen LogP contribution in [0.15, 0.2) is 71.6 Å². The Hall–Kier alpha value is -2.60. The Morgan fingerprint density at radius 1 is 1.00 bits per heavy atom. The van der Waals surface area contributed by atoms with E-state index in [9.17, 15) is 4.79 Å². The van der Waals surface area contributed by atoms with Gasteiger partial charge >= 0.3 is 0 Å². The lowest BCUT2D eigenvalue weighted by Gasteiger charge is -2.12. The summed E-state index contributed by atoms with van der Waals surface area (Å²) in [5.41, 5.74) is 3.92. The second-order valence-corrected chi connectivity index (χ2v) is 9.24. The lowest BCUT2D eigenvalue weighted by atomic mass is 10.1. The van der Waals surface area contributed by atoms with Crippen LogP contribution in [-0.4, -0.2) is 11.4 Å². The van der Waals surface area contributed by atoms with Crippen LogP contribution in [0, 0.1) is 0 Å². The van der Waals surface area contributed by atoms with Crippen molar-refractivity contribution in [3.05, 3.63) is 98.4 Å². The molecular formula is C25H22Cl2N2O2S. The van der Waals surface area contributed by atoms with Gasteiger partial charge in [-0.2, -0.15) is 0 Å². The Kier molecular flexibility index (Phi) is 7.30. The SMILES string of the molecule is CCc1ccc(N[C@@H]2NC(=O)/C(=C/c3ccc(OCc4ccc(Cl)c(Cl)c4)cc3)S2)cc1. The Morgan fingerprint density at radius 3 is 2.41 bits per heavy atom. The van der Waals surface area contributed by atoms with Gasteiger partial charge in [0.25, 0.3) is 5.91 Å². The van der Waals surface area contributed by atoms with Gasteiger partial charge in [0, 0.05) is 5.69 Å². The second-order valence-electron chi connectivity index (χ2n) is 7.28. The fourth-order valence-electron chi connectivity index (χ4n) is 3.16. The molecule has 2 N–H and O–H groups in total. The van der Waals surface area contributed by atoms with Crippen molar-refractivity contribution in [3.63, 3.8) is 0 Å². The fraction of sp³-hybridized carbons (Fsp3) is 0.160. The van der Waals surface area contributed by atoms with E-state index >= 15 is 0 Å². The molecule has 3 aromatic carbocycles. The molecule has 32 heavy (non-hydrogen) atoms. The molecule has 0 spiro atoms. The minimum Gasteiger partial charge on any atom is -0.489 e. The summed E-state index contributed by atoms with van der Waals surface area (Å²) in [6, 6.07) is 21.3. The summed E-state index contributed by atoms with van der Waals surface area (Å²) in [5.74, 6) is 0.648. The van der Waals surface area contributed by atoms with E-state index in [1.54, 1.807) is 12.1 Å².